The van der Waals surface area contributed by atoms with Crippen LogP contribution in [0.25, 0.3) is 0 Å². The number of carbonyl (C=O) groups is 1. The van der Waals surface area contributed by atoms with Crippen LogP contribution in [0.15, 0.2) is 41.6 Å². The molecule has 3 atom stereocenters. The molecule has 1 amide bonds. The van der Waals surface area contributed by atoms with Crippen LogP contribution in [-0.4, -0.2) is 39.0 Å². The largest absolute Gasteiger partial charge is 0.497 e. The molecule has 0 saturated heterocycles. The van der Waals surface area contributed by atoms with Crippen LogP contribution in [0.2, 0.25) is 0 Å². The van der Waals surface area contributed by atoms with Crippen LogP contribution < -0.4 is 10.1 Å². The van der Waals surface area contributed by atoms with Gasteiger partial charge in [0, 0.05) is 5.69 Å². The number of aromatic nitrogens is 4. The molecule has 0 aliphatic heterocycles. The molecule has 1 aromatic carbocycles. The molecule has 1 N–H and O–H groups in total. The number of amides is 1. The first-order valence-corrected chi connectivity index (χ1v) is 9.24. The average molecular weight is 357 g/mol. The fourth-order valence-corrected chi connectivity index (χ4v) is 4.25. The molecule has 2 aromatic rings. The summed E-state index contributed by atoms with van der Waals surface area (Å²) >= 11 is 1.37. The van der Waals surface area contributed by atoms with Crippen LogP contribution in [0, 0.1) is 11.8 Å². The van der Waals surface area contributed by atoms with Gasteiger partial charge in [-0.05, 0) is 59.4 Å². The van der Waals surface area contributed by atoms with Gasteiger partial charge in [-0.1, -0.05) is 23.9 Å². The summed E-state index contributed by atoms with van der Waals surface area (Å²) in [6.45, 7) is 0. The predicted molar refractivity (Wildman–Crippen MR) is 94.6 cm³/mol. The van der Waals surface area contributed by atoms with Crippen molar-refractivity contribution >= 4 is 23.4 Å². The van der Waals surface area contributed by atoms with Crippen molar-refractivity contribution in [2.45, 2.75) is 24.0 Å². The maximum absolute atomic E-state index is 12.2. The maximum Gasteiger partial charge on any atom is 0.234 e. The first-order valence-electron chi connectivity index (χ1n) is 8.26. The highest BCUT2D eigenvalue weighted by molar-refractivity contribution is 7.99. The van der Waals surface area contributed by atoms with Crippen LogP contribution in [0.4, 0.5) is 5.69 Å². The van der Waals surface area contributed by atoms with Crippen LogP contribution in [0.1, 0.15) is 18.9 Å². The third kappa shape index (κ3) is 3.39. The van der Waals surface area contributed by atoms with Crippen molar-refractivity contribution in [2.75, 3.05) is 18.2 Å². The molecule has 1 heterocycles. The number of methoxy groups -OCH3 is 1. The van der Waals surface area contributed by atoms with Crippen molar-refractivity contribution < 1.29 is 9.53 Å². The van der Waals surface area contributed by atoms with E-state index in [0.717, 1.165) is 17.9 Å². The normalized spacial score (nSPS) is 23.8. The van der Waals surface area contributed by atoms with E-state index in [1.165, 1.54) is 18.2 Å². The third-order valence-electron chi connectivity index (χ3n) is 4.73. The van der Waals surface area contributed by atoms with Gasteiger partial charge in [-0.25, -0.2) is 4.68 Å². The molecule has 0 unspecified atom stereocenters. The number of anilines is 1. The number of hydrogen-bond donors (Lipinski definition) is 1. The Balaban J connectivity index is 1.34. The second kappa shape index (κ2) is 6.87. The lowest BCUT2D eigenvalue weighted by Gasteiger charge is -2.18. The minimum absolute atomic E-state index is 0.0856. The molecule has 1 aromatic heterocycles. The van der Waals surface area contributed by atoms with E-state index < -0.39 is 0 Å². The van der Waals surface area contributed by atoms with Crippen molar-refractivity contribution in [2.24, 2.45) is 11.8 Å². The zero-order valence-corrected chi connectivity index (χ0v) is 14.6. The lowest BCUT2D eigenvalue weighted by atomic mass is 10.0. The summed E-state index contributed by atoms with van der Waals surface area (Å²) in [5, 5.41) is 15.6. The van der Waals surface area contributed by atoms with Crippen LogP contribution >= 0.6 is 11.8 Å². The second-order valence-electron chi connectivity index (χ2n) is 6.32. The number of hydrogen-bond acceptors (Lipinski definition) is 6. The molecule has 7 nitrogen and oxygen atoms in total. The van der Waals surface area contributed by atoms with E-state index in [9.17, 15) is 4.79 Å². The number of rotatable bonds is 6. The standard InChI is InChI=1S/C17H19N5O2S/c1-24-14-6-4-13(5-7-14)18-16(23)10-25-17-19-20-21-22(17)15-9-11-2-3-12(15)8-11/h2-7,11-12,15H,8-10H2,1H3,(H,18,23)/t11-,12+,15+/m1/s1. The Bertz CT molecular complexity index is 789. The monoisotopic (exact) mass is 357 g/mol. The van der Waals surface area contributed by atoms with Gasteiger partial charge in [-0.15, -0.1) is 5.10 Å². The van der Waals surface area contributed by atoms with E-state index in [2.05, 4.69) is 33.0 Å². The Morgan fingerprint density at radius 3 is 2.84 bits per heavy atom. The lowest BCUT2D eigenvalue weighted by Crippen LogP contribution is -2.18. The fourth-order valence-electron chi connectivity index (χ4n) is 3.52. The van der Waals surface area contributed by atoms with Crippen molar-refractivity contribution in [3.05, 3.63) is 36.4 Å². The molecule has 2 aliphatic rings. The first kappa shape index (κ1) is 16.1. The number of nitrogens with zero attached hydrogens (tertiary/aromatic N) is 4. The Morgan fingerprint density at radius 2 is 2.16 bits per heavy atom. The molecule has 1 saturated carbocycles. The summed E-state index contributed by atoms with van der Waals surface area (Å²) in [6, 6.07) is 7.56. The van der Waals surface area contributed by atoms with Gasteiger partial charge in [0.1, 0.15) is 5.75 Å². The third-order valence-corrected chi connectivity index (χ3v) is 5.66. The Hall–Kier alpha value is -2.35. The second-order valence-corrected chi connectivity index (χ2v) is 7.26. The van der Waals surface area contributed by atoms with Crippen molar-refractivity contribution in [1.29, 1.82) is 0 Å². The molecule has 8 heteroatoms. The van der Waals surface area contributed by atoms with Gasteiger partial charge in [0.2, 0.25) is 11.1 Å². The number of nitrogens with one attached hydrogen (secondary N) is 1. The topological polar surface area (TPSA) is 81.9 Å². The number of tetrazole rings is 1. The molecule has 1 fully saturated rings. The average Bonchev–Trinajstić information content (AvgIpc) is 3.36. The van der Waals surface area contributed by atoms with Gasteiger partial charge in [-0.2, -0.15) is 0 Å². The van der Waals surface area contributed by atoms with Gasteiger partial charge in [0.05, 0.1) is 18.9 Å². The number of thioether (sulfide) groups is 1. The highest BCUT2D eigenvalue weighted by Gasteiger charge is 2.38. The van der Waals surface area contributed by atoms with Crippen molar-refractivity contribution in [3.8, 4) is 5.75 Å². The molecule has 4 rings (SSSR count). The molecule has 25 heavy (non-hydrogen) atoms. The minimum Gasteiger partial charge on any atom is -0.497 e. The highest BCUT2D eigenvalue weighted by atomic mass is 32.2. The molecule has 0 radical (unpaired) electrons. The molecule has 130 valence electrons. The number of ether oxygens (including phenoxy) is 1. The Kier molecular flexibility index (Phi) is 4.44. The van der Waals surface area contributed by atoms with Crippen LogP contribution in [0.3, 0.4) is 0 Å². The zero-order chi connectivity index (χ0) is 17.2. The van der Waals surface area contributed by atoms with E-state index in [0.29, 0.717) is 23.0 Å². The number of fused-ring (bicyclic) bond motifs is 2. The van der Waals surface area contributed by atoms with E-state index in [1.807, 2.05) is 28.9 Å². The summed E-state index contributed by atoms with van der Waals surface area (Å²) in [7, 11) is 1.61. The summed E-state index contributed by atoms with van der Waals surface area (Å²) < 4.78 is 7.00. The smallest absolute Gasteiger partial charge is 0.234 e. The highest BCUT2D eigenvalue weighted by Crippen LogP contribution is 2.46. The quantitative estimate of drug-likeness (QED) is 0.632. The van der Waals surface area contributed by atoms with Crippen molar-refractivity contribution in [1.82, 2.24) is 20.2 Å². The molecular weight excluding hydrogens is 338 g/mol. The summed E-state index contributed by atoms with van der Waals surface area (Å²) in [5.41, 5.74) is 0.740. The summed E-state index contributed by atoms with van der Waals surface area (Å²) in [6.07, 6.45) is 6.83. The van der Waals surface area contributed by atoms with Gasteiger partial charge >= 0.3 is 0 Å². The van der Waals surface area contributed by atoms with Gasteiger partial charge in [0.15, 0.2) is 0 Å². The van der Waals surface area contributed by atoms with Gasteiger partial charge in [-0.3, -0.25) is 4.79 Å². The molecule has 0 spiro atoms. The van der Waals surface area contributed by atoms with Crippen molar-refractivity contribution in [3.63, 3.8) is 0 Å². The zero-order valence-electron chi connectivity index (χ0n) is 13.8. The van der Waals surface area contributed by atoms with Crippen LogP contribution in [-0.2, 0) is 4.79 Å². The minimum atomic E-state index is -0.0856. The number of carbonyl (C=O) groups excluding carboxylic acids is 1. The summed E-state index contributed by atoms with van der Waals surface area (Å²) in [5.74, 6) is 2.10. The first-order chi connectivity index (χ1) is 12.2. The number of allylic oxidation sites excluding steroid dienone is 2. The molecule has 2 bridgehead atoms. The van der Waals surface area contributed by atoms with E-state index in [-0.39, 0.29) is 11.7 Å². The fraction of sp³-hybridized carbons (Fsp3) is 0.412. The number of benzene rings is 1. The predicted octanol–water partition coefficient (Wildman–Crippen LogP) is 2.55. The van der Waals surface area contributed by atoms with E-state index >= 15 is 0 Å². The Morgan fingerprint density at radius 1 is 1.32 bits per heavy atom. The van der Waals surface area contributed by atoms with Gasteiger partial charge < -0.3 is 10.1 Å². The van der Waals surface area contributed by atoms with E-state index in [1.54, 1.807) is 7.11 Å². The van der Waals surface area contributed by atoms with Gasteiger partial charge in [0.25, 0.3) is 0 Å². The molecular formula is C17H19N5O2S. The summed E-state index contributed by atoms with van der Waals surface area (Å²) in [4.78, 5) is 12.2. The molecule has 2 aliphatic carbocycles. The van der Waals surface area contributed by atoms with Crippen LogP contribution in [0.5, 0.6) is 5.75 Å². The Labute approximate surface area is 149 Å². The maximum atomic E-state index is 12.2. The lowest BCUT2D eigenvalue weighted by molar-refractivity contribution is -0.113. The van der Waals surface area contributed by atoms with E-state index in [4.69, 9.17) is 4.74 Å². The SMILES string of the molecule is COc1ccc(NC(=O)CSc2nnnn2[C@H]2C[C@@H]3C=C[C@H]2C3)cc1.